The molecule has 1 fully saturated rings. The van der Waals surface area contributed by atoms with Crippen LogP contribution in [0.2, 0.25) is 5.02 Å². The van der Waals surface area contributed by atoms with Crippen LogP contribution < -0.4 is 9.04 Å². The minimum atomic E-state index is -4.70. The molecule has 5 nitrogen and oxygen atoms in total. The highest BCUT2D eigenvalue weighted by Crippen LogP contribution is 2.40. The van der Waals surface area contributed by atoms with Crippen LogP contribution in [0.3, 0.4) is 0 Å². The lowest BCUT2D eigenvalue weighted by Gasteiger charge is -2.36. The first-order chi connectivity index (χ1) is 19.4. The lowest BCUT2D eigenvalue weighted by atomic mass is 10.0. The molecule has 0 aromatic heterocycles. The zero-order chi connectivity index (χ0) is 29.4. The summed E-state index contributed by atoms with van der Waals surface area (Å²) in [6.07, 6.45) is -0.754. The summed E-state index contributed by atoms with van der Waals surface area (Å²) in [5, 5.41) is 0.231. The molecule has 0 unspecified atom stereocenters. The normalized spacial score (nSPS) is 18.3. The number of hydrogen-bond donors (Lipinski definition) is 0. The van der Waals surface area contributed by atoms with Gasteiger partial charge in [0.2, 0.25) is 0 Å². The molecule has 0 radical (unpaired) electrons. The van der Waals surface area contributed by atoms with Gasteiger partial charge in [0.15, 0.2) is 0 Å². The Balaban J connectivity index is 1.54. The lowest BCUT2D eigenvalue weighted by Crippen LogP contribution is -2.44. The molecule has 0 bridgehead atoms. The van der Waals surface area contributed by atoms with Gasteiger partial charge in [-0.05, 0) is 92.9 Å². The van der Waals surface area contributed by atoms with Crippen molar-refractivity contribution < 1.29 is 30.7 Å². The molecule has 2 heterocycles. The molecule has 0 saturated carbocycles. The van der Waals surface area contributed by atoms with E-state index in [9.17, 15) is 26.0 Å². The summed E-state index contributed by atoms with van der Waals surface area (Å²) in [6, 6.07) is 13.0. The Labute approximate surface area is 242 Å². The number of fused-ring (bicyclic) bond motifs is 1. The predicted molar refractivity (Wildman–Crippen MR) is 152 cm³/mol. The molecule has 218 valence electrons. The Hall–Kier alpha value is -3.08. The molecule has 2 aliphatic heterocycles. The van der Waals surface area contributed by atoms with E-state index in [0.29, 0.717) is 29.4 Å². The van der Waals surface area contributed by atoms with E-state index in [-0.39, 0.29) is 22.8 Å². The standard InChI is InChI=1S/C30H29ClF4N2O3S/c1-20(29-25(31)8-5-9-26(29)32)16-21-10-11-28-27(17-21)37(19-23(40-28)12-15-36-13-2-3-14-36)41(38,39)24-7-4-6-22(18-24)30(33,34)35/h4-11,16-18,23H,2-3,12-15,19H2,1H3/b20-16+/t23-/m0/s1. The van der Waals surface area contributed by atoms with Crippen LogP contribution in [0.1, 0.15) is 42.9 Å². The minimum absolute atomic E-state index is 0.0648. The summed E-state index contributed by atoms with van der Waals surface area (Å²) in [6.45, 7) is 4.28. The van der Waals surface area contributed by atoms with E-state index in [1.54, 1.807) is 37.3 Å². The van der Waals surface area contributed by atoms with Crippen molar-refractivity contribution in [2.24, 2.45) is 0 Å². The van der Waals surface area contributed by atoms with E-state index < -0.39 is 38.6 Å². The summed E-state index contributed by atoms with van der Waals surface area (Å²) >= 11 is 6.22. The van der Waals surface area contributed by atoms with Crippen molar-refractivity contribution in [1.82, 2.24) is 4.90 Å². The largest absolute Gasteiger partial charge is 0.486 e. The number of alkyl halides is 3. The zero-order valence-corrected chi connectivity index (χ0v) is 23.9. The molecule has 0 amide bonds. The monoisotopic (exact) mass is 608 g/mol. The summed E-state index contributed by atoms with van der Waals surface area (Å²) in [4.78, 5) is 1.82. The number of sulfonamides is 1. The van der Waals surface area contributed by atoms with Gasteiger partial charge >= 0.3 is 6.18 Å². The molecular weight excluding hydrogens is 580 g/mol. The molecule has 3 aromatic carbocycles. The van der Waals surface area contributed by atoms with Crippen molar-refractivity contribution in [3.63, 3.8) is 0 Å². The number of rotatable bonds is 7. The number of ether oxygens (including phenoxy) is 1. The Kier molecular flexibility index (Phi) is 8.36. The average Bonchev–Trinajstić information content (AvgIpc) is 3.45. The van der Waals surface area contributed by atoms with Crippen LogP contribution in [0, 0.1) is 5.82 Å². The number of benzene rings is 3. The highest BCUT2D eigenvalue weighted by molar-refractivity contribution is 7.92. The van der Waals surface area contributed by atoms with Crippen LogP contribution in [0.15, 0.2) is 65.6 Å². The summed E-state index contributed by atoms with van der Waals surface area (Å²) in [5.74, 6) is -0.195. The van der Waals surface area contributed by atoms with E-state index in [1.807, 2.05) is 0 Å². The number of halogens is 5. The summed E-state index contributed by atoms with van der Waals surface area (Å²) in [5.41, 5.74) is 0.427. The average molecular weight is 609 g/mol. The molecule has 0 spiro atoms. The first-order valence-electron chi connectivity index (χ1n) is 13.3. The fourth-order valence-corrected chi connectivity index (χ4v) is 7.14. The number of likely N-dealkylation sites (tertiary alicyclic amines) is 1. The van der Waals surface area contributed by atoms with Gasteiger partial charge in [0, 0.05) is 12.1 Å². The van der Waals surface area contributed by atoms with Crippen LogP contribution in [0.4, 0.5) is 23.2 Å². The lowest BCUT2D eigenvalue weighted by molar-refractivity contribution is -0.137. The van der Waals surface area contributed by atoms with E-state index in [2.05, 4.69) is 4.90 Å². The van der Waals surface area contributed by atoms with Crippen LogP contribution >= 0.6 is 11.6 Å². The zero-order valence-electron chi connectivity index (χ0n) is 22.3. The Morgan fingerprint density at radius 1 is 1.07 bits per heavy atom. The molecule has 1 atom stereocenters. The van der Waals surface area contributed by atoms with Gasteiger partial charge in [0.25, 0.3) is 10.0 Å². The van der Waals surface area contributed by atoms with Gasteiger partial charge in [0.05, 0.1) is 27.7 Å². The molecule has 3 aromatic rings. The third-order valence-corrected chi connectivity index (χ3v) is 9.46. The molecule has 11 heteroatoms. The Morgan fingerprint density at radius 2 is 1.80 bits per heavy atom. The van der Waals surface area contributed by atoms with Gasteiger partial charge in [0.1, 0.15) is 17.7 Å². The first kappa shape index (κ1) is 29.4. The van der Waals surface area contributed by atoms with Crippen LogP contribution in [0.25, 0.3) is 11.6 Å². The van der Waals surface area contributed by atoms with Crippen LogP contribution in [0.5, 0.6) is 5.75 Å². The fourth-order valence-electron chi connectivity index (χ4n) is 5.29. The third kappa shape index (κ3) is 6.39. The quantitative estimate of drug-likeness (QED) is 0.206. The summed E-state index contributed by atoms with van der Waals surface area (Å²) < 4.78 is 89.9. The smallest absolute Gasteiger partial charge is 0.416 e. The van der Waals surface area contributed by atoms with E-state index in [0.717, 1.165) is 55.0 Å². The summed E-state index contributed by atoms with van der Waals surface area (Å²) in [7, 11) is -4.40. The van der Waals surface area contributed by atoms with Crippen molar-refractivity contribution >= 4 is 39.0 Å². The van der Waals surface area contributed by atoms with Crippen molar-refractivity contribution in [2.45, 2.75) is 43.4 Å². The number of anilines is 1. The van der Waals surface area contributed by atoms with E-state index in [4.69, 9.17) is 16.3 Å². The van der Waals surface area contributed by atoms with Crippen molar-refractivity contribution in [2.75, 3.05) is 30.5 Å². The number of nitrogens with zero attached hydrogens (tertiary/aromatic N) is 2. The maximum absolute atomic E-state index is 14.5. The Bertz CT molecular complexity index is 1550. The maximum atomic E-state index is 14.5. The maximum Gasteiger partial charge on any atom is 0.416 e. The van der Waals surface area contributed by atoms with Gasteiger partial charge < -0.3 is 9.64 Å². The molecule has 41 heavy (non-hydrogen) atoms. The molecule has 0 aliphatic carbocycles. The minimum Gasteiger partial charge on any atom is -0.486 e. The fraction of sp³-hybridized carbons (Fsp3) is 0.333. The molecular formula is C30H29ClF4N2O3S. The van der Waals surface area contributed by atoms with E-state index >= 15 is 0 Å². The second-order valence-corrected chi connectivity index (χ2v) is 12.6. The number of hydrogen-bond acceptors (Lipinski definition) is 4. The first-order valence-corrected chi connectivity index (χ1v) is 15.1. The van der Waals surface area contributed by atoms with Crippen LogP contribution in [-0.4, -0.2) is 45.6 Å². The van der Waals surface area contributed by atoms with Gasteiger partial charge in [-0.2, -0.15) is 13.2 Å². The molecule has 5 rings (SSSR count). The van der Waals surface area contributed by atoms with Gasteiger partial charge in [-0.25, -0.2) is 12.8 Å². The SMILES string of the molecule is C/C(=C\c1ccc2c(c1)N(S(=O)(=O)c1cccc(C(F)(F)F)c1)C[C@H](CCN1CCCC1)O2)c1c(F)cccc1Cl. The van der Waals surface area contributed by atoms with Gasteiger partial charge in [-0.1, -0.05) is 35.9 Å². The van der Waals surface area contributed by atoms with Crippen molar-refractivity contribution in [3.8, 4) is 5.75 Å². The second-order valence-electron chi connectivity index (χ2n) is 10.3. The topological polar surface area (TPSA) is 49.9 Å². The van der Waals surface area contributed by atoms with E-state index in [1.165, 1.54) is 12.1 Å². The van der Waals surface area contributed by atoms with Crippen LogP contribution in [-0.2, 0) is 16.2 Å². The molecule has 0 N–H and O–H groups in total. The van der Waals surface area contributed by atoms with Gasteiger partial charge in [-0.15, -0.1) is 0 Å². The molecule has 1 saturated heterocycles. The molecule has 2 aliphatic rings. The second kappa shape index (κ2) is 11.7. The van der Waals surface area contributed by atoms with Crippen molar-refractivity contribution in [1.29, 1.82) is 0 Å². The third-order valence-electron chi connectivity index (χ3n) is 7.37. The highest BCUT2D eigenvalue weighted by atomic mass is 35.5. The van der Waals surface area contributed by atoms with Crippen molar-refractivity contribution in [3.05, 3.63) is 88.2 Å². The predicted octanol–water partition coefficient (Wildman–Crippen LogP) is 7.50. The Morgan fingerprint density at radius 3 is 2.51 bits per heavy atom. The highest BCUT2D eigenvalue weighted by Gasteiger charge is 2.37. The number of allylic oxidation sites excluding steroid dienone is 1. The van der Waals surface area contributed by atoms with Gasteiger partial charge in [-0.3, -0.25) is 4.31 Å².